The molecular formula is C54H68N14O5. The Morgan fingerprint density at radius 2 is 1.59 bits per heavy atom. The van der Waals surface area contributed by atoms with Crippen LogP contribution in [0.5, 0.6) is 11.5 Å². The molecule has 0 bridgehead atoms. The summed E-state index contributed by atoms with van der Waals surface area (Å²) in [4.78, 5) is 69.2. The summed E-state index contributed by atoms with van der Waals surface area (Å²) in [5.41, 5.74) is 6.51. The number of nitrogens with zero attached hydrogens (tertiary/aromatic N) is 10. The van der Waals surface area contributed by atoms with Gasteiger partial charge in [-0.15, -0.1) is 0 Å². The van der Waals surface area contributed by atoms with Gasteiger partial charge in [0.05, 0.1) is 48.9 Å². The number of nitrogens with one attached hydrogen (secondary N) is 4. The molecule has 0 spiro atoms. The highest BCUT2D eigenvalue weighted by Crippen LogP contribution is 2.41. The monoisotopic (exact) mass is 993 g/mol. The maximum absolute atomic E-state index is 13.6. The number of aryl methyl sites for hydroxylation is 1. The van der Waals surface area contributed by atoms with Crippen LogP contribution in [0.4, 0.5) is 46.2 Å². The lowest BCUT2D eigenvalue weighted by Crippen LogP contribution is -2.55. The molecule has 1 aliphatic heterocycles. The third-order valence-electron chi connectivity index (χ3n) is 13.5. The topological polar surface area (TPSA) is 190 Å². The highest BCUT2D eigenvalue weighted by Gasteiger charge is 2.41. The molecule has 19 nitrogen and oxygen atoms in total. The van der Waals surface area contributed by atoms with Crippen molar-refractivity contribution in [1.82, 2.24) is 39.6 Å². The normalized spacial score (nSPS) is 14.8. The van der Waals surface area contributed by atoms with Gasteiger partial charge in [0.2, 0.25) is 23.7 Å². The van der Waals surface area contributed by atoms with Crippen LogP contribution in [0.25, 0.3) is 22.2 Å². The Morgan fingerprint density at radius 1 is 0.849 bits per heavy atom. The summed E-state index contributed by atoms with van der Waals surface area (Å²) >= 11 is 0. The van der Waals surface area contributed by atoms with Crippen LogP contribution >= 0.6 is 0 Å². The van der Waals surface area contributed by atoms with E-state index in [1.165, 1.54) is 6.08 Å². The first-order valence-electron chi connectivity index (χ1n) is 24.8. The molecule has 4 N–H and O–H groups in total. The van der Waals surface area contributed by atoms with Crippen molar-refractivity contribution in [2.45, 2.75) is 51.1 Å². The van der Waals surface area contributed by atoms with Crippen molar-refractivity contribution in [3.8, 4) is 22.8 Å². The maximum Gasteiger partial charge on any atom is 0.251 e. The SMILES string of the molecule is CC[C@@H]1C(=O)N(C)c2cnc(Nc3ccc(C(=O)NCCN(C)C/C=C/C(=O)Nc4cc(Nc5nccc(-c6cn(C)c7ccccc67)n5)c(OC)cc4N(C)CCN(C)C)cc3OC)nc2N1C1CCCC1. The number of benzene rings is 3. The highest BCUT2D eigenvalue weighted by molar-refractivity contribution is 6.05. The summed E-state index contributed by atoms with van der Waals surface area (Å²) in [6, 6.07) is 19.0. The van der Waals surface area contributed by atoms with E-state index in [1.807, 2.05) is 77.4 Å². The molecule has 3 aromatic heterocycles. The summed E-state index contributed by atoms with van der Waals surface area (Å²) in [7, 11) is 14.9. The first-order valence-corrected chi connectivity index (χ1v) is 24.8. The molecule has 73 heavy (non-hydrogen) atoms. The predicted molar refractivity (Wildman–Crippen MR) is 290 cm³/mol. The van der Waals surface area contributed by atoms with E-state index in [2.05, 4.69) is 68.8 Å². The van der Waals surface area contributed by atoms with Crippen LogP contribution in [0.2, 0.25) is 0 Å². The number of hydrogen-bond donors (Lipinski definition) is 4. The largest absolute Gasteiger partial charge is 0.495 e. The number of amides is 3. The smallest absolute Gasteiger partial charge is 0.251 e. The van der Waals surface area contributed by atoms with E-state index >= 15 is 0 Å². The Hall–Kier alpha value is -7.77. The van der Waals surface area contributed by atoms with E-state index in [-0.39, 0.29) is 29.8 Å². The molecular weight excluding hydrogens is 925 g/mol. The zero-order valence-corrected chi connectivity index (χ0v) is 43.4. The van der Waals surface area contributed by atoms with Crippen LogP contribution in [0.1, 0.15) is 49.4 Å². The first kappa shape index (κ1) is 51.6. The van der Waals surface area contributed by atoms with Crippen molar-refractivity contribution in [3.05, 3.63) is 97.0 Å². The number of likely N-dealkylation sites (N-methyl/N-ethyl adjacent to an activating group) is 4. The number of ether oxygens (including phenoxy) is 2. The number of carbonyl (C=O) groups excluding carboxylic acids is 3. The molecule has 0 saturated heterocycles. The molecule has 3 aromatic carbocycles. The van der Waals surface area contributed by atoms with E-state index in [0.29, 0.717) is 84.3 Å². The van der Waals surface area contributed by atoms with E-state index in [9.17, 15) is 14.4 Å². The molecule has 8 rings (SSSR count). The van der Waals surface area contributed by atoms with Crippen LogP contribution < -0.4 is 45.4 Å². The zero-order valence-electron chi connectivity index (χ0n) is 43.4. The molecule has 6 aromatic rings. The van der Waals surface area contributed by atoms with Gasteiger partial charge in [0.15, 0.2) is 5.82 Å². The molecule has 19 heteroatoms. The van der Waals surface area contributed by atoms with Gasteiger partial charge >= 0.3 is 0 Å². The first-order chi connectivity index (χ1) is 35.3. The minimum Gasteiger partial charge on any atom is -0.495 e. The van der Waals surface area contributed by atoms with Crippen LogP contribution in [-0.2, 0) is 16.6 Å². The number of aromatic nitrogens is 5. The summed E-state index contributed by atoms with van der Waals surface area (Å²) in [6.07, 6.45) is 13.8. The van der Waals surface area contributed by atoms with Gasteiger partial charge in [0.1, 0.15) is 23.2 Å². The van der Waals surface area contributed by atoms with Crippen LogP contribution in [0.15, 0.2) is 91.4 Å². The Kier molecular flexibility index (Phi) is 16.4. The van der Waals surface area contributed by atoms with Crippen molar-refractivity contribution in [1.29, 1.82) is 0 Å². The van der Waals surface area contributed by atoms with Crippen molar-refractivity contribution in [2.24, 2.45) is 7.05 Å². The molecule has 384 valence electrons. The fraction of sp³-hybridized carbons (Fsp3) is 0.389. The summed E-state index contributed by atoms with van der Waals surface area (Å²) in [5, 5.41) is 13.8. The van der Waals surface area contributed by atoms with Crippen LogP contribution in [0, 0.1) is 0 Å². The number of methoxy groups -OCH3 is 2. The van der Waals surface area contributed by atoms with Crippen molar-refractivity contribution >= 4 is 74.8 Å². The zero-order chi connectivity index (χ0) is 51.8. The molecule has 2 aliphatic rings. The molecule has 3 amide bonds. The predicted octanol–water partition coefficient (Wildman–Crippen LogP) is 7.29. The third kappa shape index (κ3) is 11.8. The van der Waals surface area contributed by atoms with Crippen LogP contribution in [0.3, 0.4) is 0 Å². The lowest BCUT2D eigenvalue weighted by atomic mass is 10.0. The second-order valence-electron chi connectivity index (χ2n) is 18.9. The maximum atomic E-state index is 13.6. The van der Waals surface area contributed by atoms with E-state index in [4.69, 9.17) is 19.4 Å². The van der Waals surface area contributed by atoms with E-state index in [1.54, 1.807) is 62.8 Å². The molecule has 4 heterocycles. The highest BCUT2D eigenvalue weighted by atomic mass is 16.5. The van der Waals surface area contributed by atoms with Crippen molar-refractivity contribution < 1.29 is 23.9 Å². The number of anilines is 8. The number of carbonyl (C=O) groups is 3. The summed E-state index contributed by atoms with van der Waals surface area (Å²) < 4.78 is 13.7. The summed E-state index contributed by atoms with van der Waals surface area (Å²) in [6.45, 7) is 4.88. The molecule has 1 saturated carbocycles. The van der Waals surface area contributed by atoms with Gasteiger partial charge in [-0.3, -0.25) is 14.4 Å². The Labute approximate surface area is 427 Å². The van der Waals surface area contributed by atoms with Crippen LogP contribution in [-0.4, -0.2) is 146 Å². The van der Waals surface area contributed by atoms with E-state index in [0.717, 1.165) is 65.9 Å². The quantitative estimate of drug-likeness (QED) is 0.0526. The Bertz CT molecular complexity index is 2970. The Balaban J connectivity index is 0.878. The average molecular weight is 993 g/mol. The van der Waals surface area contributed by atoms with Gasteiger partial charge in [0, 0.05) is 106 Å². The number of hydrogen-bond acceptors (Lipinski definition) is 15. The molecule has 1 fully saturated rings. The fourth-order valence-corrected chi connectivity index (χ4v) is 9.52. The third-order valence-corrected chi connectivity index (χ3v) is 13.5. The average Bonchev–Trinajstić information content (AvgIpc) is 4.05. The second kappa shape index (κ2) is 23.2. The lowest BCUT2D eigenvalue weighted by molar-refractivity contribution is -0.120. The van der Waals surface area contributed by atoms with Gasteiger partial charge in [-0.2, -0.15) is 4.98 Å². The van der Waals surface area contributed by atoms with Gasteiger partial charge in [0.25, 0.3) is 5.91 Å². The number of fused-ring (bicyclic) bond motifs is 2. The fourth-order valence-electron chi connectivity index (χ4n) is 9.52. The van der Waals surface area contributed by atoms with Gasteiger partial charge in [-0.1, -0.05) is 44.0 Å². The van der Waals surface area contributed by atoms with Crippen molar-refractivity contribution in [2.75, 3.05) is 113 Å². The standard InChI is InChI=1S/C54H68N14O5/c1-10-43-52(71)67(7)46-33-57-54(62-50(46)68(43)36-16-11-12-17-36)60-40-22-21-35(30-47(40)72-8)51(70)55-25-27-64(4)26-15-20-49(69)58-41-31-42(48(73-9)32-45(41)65(5)29-28-63(2)3)61-53-56-24-23-39(59-53)38-34-66(6)44-19-14-13-18-37(38)44/h13-15,18-24,30-34,36,43H,10-12,16-17,25-29H2,1-9H3,(H,55,70)(H,58,69)(H,56,59,61)(H,57,60,62)/b20-15+/t43-/m1/s1. The molecule has 1 atom stereocenters. The second-order valence-corrected chi connectivity index (χ2v) is 18.9. The van der Waals surface area contributed by atoms with Gasteiger partial charge in [-0.05, 0) is 76.8 Å². The van der Waals surface area contributed by atoms with E-state index < -0.39 is 0 Å². The minimum atomic E-state index is -0.306. The minimum absolute atomic E-state index is 0.0568. The summed E-state index contributed by atoms with van der Waals surface area (Å²) in [5.74, 6) is 1.99. The van der Waals surface area contributed by atoms with Gasteiger partial charge < -0.3 is 59.8 Å². The van der Waals surface area contributed by atoms with Gasteiger partial charge in [-0.25, -0.2) is 15.0 Å². The molecule has 0 unspecified atom stereocenters. The lowest BCUT2D eigenvalue weighted by Gasteiger charge is -2.43. The molecule has 1 aliphatic carbocycles. The number of rotatable bonds is 21. The molecule has 0 radical (unpaired) electrons. The Morgan fingerprint density at radius 3 is 2.34 bits per heavy atom. The number of para-hydroxylation sites is 1. The van der Waals surface area contributed by atoms with Crippen molar-refractivity contribution in [3.63, 3.8) is 0 Å².